The first-order valence-corrected chi connectivity index (χ1v) is 7.20. The van der Waals surface area contributed by atoms with Gasteiger partial charge in [-0.05, 0) is 35.9 Å². The first-order chi connectivity index (χ1) is 10.6. The molecule has 0 fully saturated rings. The summed E-state index contributed by atoms with van der Waals surface area (Å²) in [7, 11) is 0. The van der Waals surface area contributed by atoms with Crippen LogP contribution in [-0.2, 0) is 4.79 Å². The predicted molar refractivity (Wildman–Crippen MR) is 82.5 cm³/mol. The number of benzene rings is 2. The van der Waals surface area contributed by atoms with Crippen molar-refractivity contribution < 1.29 is 13.9 Å². The van der Waals surface area contributed by atoms with E-state index in [1.807, 2.05) is 12.1 Å². The minimum atomic E-state index is -0.848. The Balaban J connectivity index is 1.92. The number of carbonyl (C=O) groups excluding carboxylic acids is 1. The van der Waals surface area contributed by atoms with E-state index in [9.17, 15) is 9.18 Å². The number of nitrogens with one attached hydrogen (secondary N) is 1. The number of hydrogen-bond acceptors (Lipinski definition) is 3. The third-order valence-corrected chi connectivity index (χ3v) is 3.30. The number of nitrogens with zero attached hydrogens (tertiary/aromatic N) is 1. The summed E-state index contributed by atoms with van der Waals surface area (Å²) in [4.78, 5) is 11.8. The lowest BCUT2D eigenvalue weighted by Crippen LogP contribution is -2.32. The third kappa shape index (κ3) is 4.57. The van der Waals surface area contributed by atoms with Crippen LogP contribution in [0.2, 0.25) is 0 Å². The highest BCUT2D eigenvalue weighted by atomic mass is 79.9. The lowest BCUT2D eigenvalue weighted by molar-refractivity contribution is -0.123. The summed E-state index contributed by atoms with van der Waals surface area (Å²) in [5, 5.41) is 11.6. The van der Waals surface area contributed by atoms with Crippen molar-refractivity contribution in [3.63, 3.8) is 0 Å². The lowest BCUT2D eigenvalue weighted by Gasteiger charge is -2.12. The molecule has 0 aliphatic rings. The molecule has 4 nitrogen and oxygen atoms in total. The summed E-state index contributed by atoms with van der Waals surface area (Å²) >= 11 is 3.30. The minimum absolute atomic E-state index is 0.212. The molecule has 0 bridgehead atoms. The Morgan fingerprint density at radius 1 is 1.32 bits per heavy atom. The molecule has 1 atom stereocenters. The number of nitriles is 1. The molecular formula is C16H12BrFN2O2. The molecule has 0 radical (unpaired) electrons. The summed E-state index contributed by atoms with van der Waals surface area (Å²) in [6.45, 7) is -0.212. The number of rotatable bonds is 5. The molecule has 0 unspecified atom stereocenters. The highest BCUT2D eigenvalue weighted by Crippen LogP contribution is 2.18. The topological polar surface area (TPSA) is 62.1 Å². The molecule has 0 aromatic heterocycles. The van der Waals surface area contributed by atoms with Crippen molar-refractivity contribution >= 4 is 21.8 Å². The maximum absolute atomic E-state index is 12.9. The second-order valence-electron chi connectivity index (χ2n) is 4.43. The van der Waals surface area contributed by atoms with E-state index < -0.39 is 17.8 Å². The van der Waals surface area contributed by atoms with Gasteiger partial charge in [-0.15, -0.1) is 0 Å². The molecule has 22 heavy (non-hydrogen) atoms. The number of hydrogen-bond donors (Lipinski definition) is 1. The fraction of sp³-hybridized carbons (Fsp3) is 0.125. The van der Waals surface area contributed by atoms with Gasteiger partial charge < -0.3 is 10.1 Å². The zero-order chi connectivity index (χ0) is 15.9. The van der Waals surface area contributed by atoms with Gasteiger partial charge in [0.15, 0.2) is 6.61 Å². The Morgan fingerprint density at radius 2 is 2.05 bits per heavy atom. The van der Waals surface area contributed by atoms with Crippen molar-refractivity contribution in [2.24, 2.45) is 0 Å². The maximum Gasteiger partial charge on any atom is 0.259 e. The van der Waals surface area contributed by atoms with E-state index >= 15 is 0 Å². The monoisotopic (exact) mass is 362 g/mol. The Morgan fingerprint density at radius 3 is 2.68 bits per heavy atom. The maximum atomic E-state index is 12.9. The number of amides is 1. The fourth-order valence-corrected chi connectivity index (χ4v) is 2.13. The summed E-state index contributed by atoms with van der Waals surface area (Å²) in [5.74, 6) is -0.291. The summed E-state index contributed by atoms with van der Waals surface area (Å²) in [6.07, 6.45) is 0. The number of ether oxygens (including phenoxy) is 1. The minimum Gasteiger partial charge on any atom is -0.484 e. The van der Waals surface area contributed by atoms with Gasteiger partial charge in [0.2, 0.25) is 0 Å². The van der Waals surface area contributed by atoms with Crippen molar-refractivity contribution in [3.8, 4) is 11.8 Å². The van der Waals surface area contributed by atoms with Crippen LogP contribution < -0.4 is 10.1 Å². The molecule has 0 heterocycles. The summed E-state index contributed by atoms with van der Waals surface area (Å²) < 4.78 is 19.0. The van der Waals surface area contributed by atoms with Gasteiger partial charge in [-0.2, -0.15) is 5.26 Å². The summed E-state index contributed by atoms with van der Waals surface area (Å²) in [5.41, 5.74) is 0.514. The van der Waals surface area contributed by atoms with Crippen LogP contribution in [0.1, 0.15) is 11.6 Å². The summed E-state index contributed by atoms with van der Waals surface area (Å²) in [6, 6.07) is 13.6. The van der Waals surface area contributed by atoms with Crippen molar-refractivity contribution in [2.75, 3.05) is 6.61 Å². The van der Waals surface area contributed by atoms with Crippen LogP contribution in [0.3, 0.4) is 0 Å². The standard InChI is InChI=1S/C16H12BrFN2O2/c17-12-2-1-3-14(8-12)22-10-16(21)20-15(9-19)11-4-6-13(18)7-5-11/h1-8,15H,10H2,(H,20,21)/t15-/m1/s1. The Kier molecular flexibility index (Phi) is 5.50. The highest BCUT2D eigenvalue weighted by Gasteiger charge is 2.14. The SMILES string of the molecule is N#C[C@@H](NC(=O)COc1cccc(Br)c1)c1ccc(F)cc1. The van der Waals surface area contributed by atoms with E-state index in [1.165, 1.54) is 24.3 Å². The number of carbonyl (C=O) groups is 1. The first kappa shape index (κ1) is 16.0. The van der Waals surface area contributed by atoms with E-state index in [2.05, 4.69) is 21.2 Å². The van der Waals surface area contributed by atoms with E-state index in [-0.39, 0.29) is 6.61 Å². The van der Waals surface area contributed by atoms with Gasteiger partial charge >= 0.3 is 0 Å². The fourth-order valence-electron chi connectivity index (χ4n) is 1.75. The third-order valence-electron chi connectivity index (χ3n) is 2.80. The van der Waals surface area contributed by atoms with Crippen LogP contribution in [0.25, 0.3) is 0 Å². The average molecular weight is 363 g/mol. The van der Waals surface area contributed by atoms with Crippen molar-refractivity contribution in [1.82, 2.24) is 5.32 Å². The lowest BCUT2D eigenvalue weighted by atomic mass is 10.1. The van der Waals surface area contributed by atoms with Crippen LogP contribution in [0.4, 0.5) is 4.39 Å². The molecule has 1 N–H and O–H groups in total. The molecule has 2 aromatic rings. The van der Waals surface area contributed by atoms with E-state index in [0.29, 0.717) is 11.3 Å². The van der Waals surface area contributed by atoms with E-state index in [4.69, 9.17) is 10.00 Å². The molecule has 1 amide bonds. The van der Waals surface area contributed by atoms with E-state index in [0.717, 1.165) is 4.47 Å². The van der Waals surface area contributed by atoms with Crippen LogP contribution >= 0.6 is 15.9 Å². The van der Waals surface area contributed by atoms with Crippen LogP contribution in [-0.4, -0.2) is 12.5 Å². The van der Waals surface area contributed by atoms with Gasteiger partial charge in [0.05, 0.1) is 6.07 Å². The van der Waals surface area contributed by atoms with Crippen molar-refractivity contribution in [2.45, 2.75) is 6.04 Å². The smallest absolute Gasteiger partial charge is 0.259 e. The highest BCUT2D eigenvalue weighted by molar-refractivity contribution is 9.10. The second kappa shape index (κ2) is 7.57. The molecule has 2 aromatic carbocycles. The molecular weight excluding hydrogens is 351 g/mol. The van der Waals surface area contributed by atoms with E-state index in [1.54, 1.807) is 18.2 Å². The zero-order valence-corrected chi connectivity index (χ0v) is 13.0. The molecule has 0 spiro atoms. The number of halogens is 2. The second-order valence-corrected chi connectivity index (χ2v) is 5.34. The zero-order valence-electron chi connectivity index (χ0n) is 11.4. The van der Waals surface area contributed by atoms with Crippen LogP contribution in [0.5, 0.6) is 5.75 Å². The molecule has 6 heteroatoms. The Labute approximate surface area is 135 Å². The average Bonchev–Trinajstić information content (AvgIpc) is 2.52. The van der Waals surface area contributed by atoms with Gasteiger partial charge in [0, 0.05) is 4.47 Å². The molecule has 0 aliphatic carbocycles. The molecule has 0 aliphatic heterocycles. The molecule has 0 saturated carbocycles. The van der Waals surface area contributed by atoms with Gasteiger partial charge in [-0.25, -0.2) is 4.39 Å². The molecule has 2 rings (SSSR count). The van der Waals surface area contributed by atoms with Crippen molar-refractivity contribution in [1.29, 1.82) is 5.26 Å². The Bertz CT molecular complexity index is 698. The van der Waals surface area contributed by atoms with Crippen molar-refractivity contribution in [3.05, 3.63) is 64.4 Å². The van der Waals surface area contributed by atoms with Crippen LogP contribution in [0.15, 0.2) is 53.0 Å². The molecule has 0 saturated heterocycles. The van der Waals surface area contributed by atoms with Gasteiger partial charge in [-0.3, -0.25) is 4.79 Å². The first-order valence-electron chi connectivity index (χ1n) is 6.41. The Hall–Kier alpha value is -2.39. The predicted octanol–water partition coefficient (Wildman–Crippen LogP) is 3.35. The van der Waals surface area contributed by atoms with Gasteiger partial charge in [0.1, 0.15) is 17.6 Å². The van der Waals surface area contributed by atoms with Gasteiger partial charge in [-0.1, -0.05) is 34.1 Å². The van der Waals surface area contributed by atoms with Gasteiger partial charge in [0.25, 0.3) is 5.91 Å². The van der Waals surface area contributed by atoms with Crippen LogP contribution in [0, 0.1) is 17.1 Å². The quantitative estimate of drug-likeness (QED) is 0.886. The molecule has 112 valence electrons. The largest absolute Gasteiger partial charge is 0.484 e. The normalized spacial score (nSPS) is 11.3.